The molecular weight excluding hydrogens is 215 g/mol. The van der Waals surface area contributed by atoms with Crippen molar-refractivity contribution in [2.75, 3.05) is 0 Å². The minimum absolute atomic E-state index is 0.422. The Hall–Kier alpha value is -0.380. The highest BCUT2D eigenvalue weighted by atomic mass is 35.5. The van der Waals surface area contributed by atoms with E-state index in [2.05, 4.69) is 9.97 Å². The topological polar surface area (TPSA) is 25.8 Å². The quantitative estimate of drug-likeness (QED) is 0.688. The van der Waals surface area contributed by atoms with Gasteiger partial charge in [-0.2, -0.15) is 0 Å². The lowest BCUT2D eigenvalue weighted by Crippen LogP contribution is -1.82. The van der Waals surface area contributed by atoms with E-state index in [0.717, 1.165) is 16.0 Å². The summed E-state index contributed by atoms with van der Waals surface area (Å²) >= 11 is 12.7. The maximum atomic E-state index is 5.71. The number of pyridine rings is 1. The van der Waals surface area contributed by atoms with Gasteiger partial charge in [0.05, 0.1) is 11.6 Å². The predicted molar refractivity (Wildman–Crippen MR) is 52.0 cm³/mol. The lowest BCUT2D eigenvalue weighted by atomic mass is 10.4. The minimum Gasteiger partial charge on any atom is -0.239 e. The largest absolute Gasteiger partial charge is 0.239 e. The molecule has 0 saturated heterocycles. The van der Waals surface area contributed by atoms with Gasteiger partial charge in [0.15, 0.2) is 4.47 Å². The van der Waals surface area contributed by atoms with E-state index in [4.69, 9.17) is 23.2 Å². The average Bonchev–Trinajstić information content (AvgIpc) is 2.43. The molecule has 2 aromatic rings. The molecule has 0 aliphatic rings. The number of rotatable bonds is 1. The summed E-state index contributed by atoms with van der Waals surface area (Å²) in [5.41, 5.74) is 1.68. The third-order valence-electron chi connectivity index (χ3n) is 1.42. The van der Waals surface area contributed by atoms with Crippen LogP contribution in [0.5, 0.6) is 0 Å². The molecule has 2 aromatic heterocycles. The van der Waals surface area contributed by atoms with Gasteiger partial charge in [-0.05, 0) is 12.1 Å². The van der Waals surface area contributed by atoms with E-state index in [1.165, 1.54) is 11.3 Å². The Morgan fingerprint density at radius 2 is 2.17 bits per heavy atom. The number of alkyl halides is 1. The van der Waals surface area contributed by atoms with Gasteiger partial charge in [0, 0.05) is 0 Å². The monoisotopic (exact) mass is 218 g/mol. The Balaban J connectivity index is 2.66. The smallest absolute Gasteiger partial charge is 0.186 e. The molecule has 0 radical (unpaired) electrons. The summed E-state index contributed by atoms with van der Waals surface area (Å²) in [6.45, 7) is 0. The van der Waals surface area contributed by atoms with Crippen LogP contribution >= 0.6 is 34.5 Å². The number of hydrogen-bond acceptors (Lipinski definition) is 3. The second kappa shape index (κ2) is 3.17. The first-order valence-corrected chi connectivity index (χ1v) is 5.00. The molecule has 5 heteroatoms. The Bertz CT molecular complexity index is 413. The molecule has 12 heavy (non-hydrogen) atoms. The van der Waals surface area contributed by atoms with Crippen LogP contribution in [0.15, 0.2) is 12.1 Å². The highest BCUT2D eigenvalue weighted by molar-refractivity contribution is 7.21. The summed E-state index contributed by atoms with van der Waals surface area (Å²) in [6.07, 6.45) is 0. The molecule has 0 bridgehead atoms. The third kappa shape index (κ3) is 1.40. The van der Waals surface area contributed by atoms with E-state index in [1.807, 2.05) is 12.1 Å². The van der Waals surface area contributed by atoms with Crippen LogP contribution in [0.1, 0.15) is 5.69 Å². The van der Waals surface area contributed by atoms with Gasteiger partial charge in [-0.25, -0.2) is 9.97 Å². The number of hydrogen-bond donors (Lipinski definition) is 0. The van der Waals surface area contributed by atoms with Crippen molar-refractivity contribution < 1.29 is 0 Å². The molecule has 0 saturated carbocycles. The molecule has 2 heterocycles. The summed E-state index contributed by atoms with van der Waals surface area (Å²) in [6, 6.07) is 3.73. The second-order valence-electron chi connectivity index (χ2n) is 2.23. The van der Waals surface area contributed by atoms with Gasteiger partial charge in [0.1, 0.15) is 10.3 Å². The van der Waals surface area contributed by atoms with Crippen LogP contribution in [0, 0.1) is 0 Å². The fourth-order valence-corrected chi connectivity index (χ4v) is 2.05. The first-order chi connectivity index (χ1) is 5.79. The fraction of sp³-hybridized carbons (Fsp3) is 0.143. The van der Waals surface area contributed by atoms with Crippen LogP contribution in [0.2, 0.25) is 4.47 Å². The SMILES string of the molecule is ClCc1ccc2nc(Cl)sc2n1. The van der Waals surface area contributed by atoms with Gasteiger partial charge in [-0.1, -0.05) is 22.9 Å². The molecule has 62 valence electrons. The van der Waals surface area contributed by atoms with Crippen LogP contribution in [-0.4, -0.2) is 9.97 Å². The van der Waals surface area contributed by atoms with Crippen LogP contribution in [0.25, 0.3) is 10.3 Å². The maximum absolute atomic E-state index is 5.71. The summed E-state index contributed by atoms with van der Waals surface area (Å²) in [5.74, 6) is 0.422. The van der Waals surface area contributed by atoms with Gasteiger partial charge in [0.25, 0.3) is 0 Å². The van der Waals surface area contributed by atoms with Crippen molar-refractivity contribution in [3.8, 4) is 0 Å². The van der Waals surface area contributed by atoms with Crippen molar-refractivity contribution >= 4 is 44.9 Å². The molecule has 2 nitrogen and oxygen atoms in total. The van der Waals surface area contributed by atoms with E-state index in [1.54, 1.807) is 0 Å². The summed E-state index contributed by atoms with van der Waals surface area (Å²) in [5, 5.41) is 0. The number of fused-ring (bicyclic) bond motifs is 1. The van der Waals surface area contributed by atoms with Crippen molar-refractivity contribution in [3.05, 3.63) is 22.3 Å². The second-order valence-corrected chi connectivity index (χ2v) is 4.05. The molecule has 0 N–H and O–H groups in total. The van der Waals surface area contributed by atoms with Crippen molar-refractivity contribution in [2.45, 2.75) is 5.88 Å². The summed E-state index contributed by atoms with van der Waals surface area (Å²) in [4.78, 5) is 9.17. The Morgan fingerprint density at radius 1 is 1.33 bits per heavy atom. The minimum atomic E-state index is 0.422. The zero-order valence-electron chi connectivity index (χ0n) is 5.92. The molecule has 0 spiro atoms. The van der Waals surface area contributed by atoms with Crippen molar-refractivity contribution in [1.29, 1.82) is 0 Å². The molecule has 0 atom stereocenters. The summed E-state index contributed by atoms with van der Waals surface area (Å²) < 4.78 is 0.518. The number of aromatic nitrogens is 2. The molecule has 0 fully saturated rings. The van der Waals surface area contributed by atoms with Crippen molar-refractivity contribution in [3.63, 3.8) is 0 Å². The van der Waals surface area contributed by atoms with E-state index < -0.39 is 0 Å². The molecular formula is C7H4Cl2N2S. The van der Waals surface area contributed by atoms with E-state index in [9.17, 15) is 0 Å². The maximum Gasteiger partial charge on any atom is 0.186 e. The molecule has 0 aliphatic carbocycles. The molecule has 0 aromatic carbocycles. The van der Waals surface area contributed by atoms with Crippen LogP contribution in [0.4, 0.5) is 0 Å². The lowest BCUT2D eigenvalue weighted by Gasteiger charge is -1.91. The van der Waals surface area contributed by atoms with Gasteiger partial charge in [-0.15, -0.1) is 11.6 Å². The van der Waals surface area contributed by atoms with Gasteiger partial charge >= 0.3 is 0 Å². The first-order valence-electron chi connectivity index (χ1n) is 3.27. The highest BCUT2D eigenvalue weighted by Crippen LogP contribution is 2.24. The normalized spacial score (nSPS) is 10.8. The number of nitrogens with zero attached hydrogens (tertiary/aromatic N) is 2. The fourth-order valence-electron chi connectivity index (χ4n) is 0.903. The van der Waals surface area contributed by atoms with Crippen molar-refractivity contribution in [2.24, 2.45) is 0 Å². The Morgan fingerprint density at radius 3 is 2.92 bits per heavy atom. The van der Waals surface area contributed by atoms with E-state index >= 15 is 0 Å². The highest BCUT2D eigenvalue weighted by Gasteiger charge is 2.02. The molecule has 0 amide bonds. The van der Waals surface area contributed by atoms with Gasteiger partial charge in [0.2, 0.25) is 0 Å². The zero-order valence-corrected chi connectivity index (χ0v) is 8.25. The standard InChI is InChI=1S/C7H4Cl2N2S/c8-3-4-1-2-5-6(10-4)12-7(9)11-5/h1-2H,3H2. The van der Waals surface area contributed by atoms with Crippen LogP contribution in [0.3, 0.4) is 0 Å². The van der Waals surface area contributed by atoms with Crippen LogP contribution < -0.4 is 0 Å². The van der Waals surface area contributed by atoms with E-state index in [0.29, 0.717) is 10.3 Å². The average molecular weight is 219 g/mol. The number of halogens is 2. The third-order valence-corrected chi connectivity index (χ3v) is 2.77. The van der Waals surface area contributed by atoms with Crippen molar-refractivity contribution in [1.82, 2.24) is 9.97 Å². The number of thiazole rings is 1. The Kier molecular flexibility index (Phi) is 2.17. The van der Waals surface area contributed by atoms with Crippen LogP contribution in [-0.2, 0) is 5.88 Å². The first kappa shape index (κ1) is 8.23. The molecule has 2 rings (SSSR count). The zero-order chi connectivity index (χ0) is 8.55. The predicted octanol–water partition coefficient (Wildman–Crippen LogP) is 3.08. The Labute approximate surface area is 83.2 Å². The lowest BCUT2D eigenvalue weighted by molar-refractivity contribution is 1.22. The summed E-state index contributed by atoms with van der Waals surface area (Å²) in [7, 11) is 0. The molecule has 0 aliphatic heterocycles. The van der Waals surface area contributed by atoms with Gasteiger partial charge < -0.3 is 0 Å². The molecule has 0 unspecified atom stereocenters. The van der Waals surface area contributed by atoms with E-state index in [-0.39, 0.29) is 0 Å². The van der Waals surface area contributed by atoms with Gasteiger partial charge in [-0.3, -0.25) is 0 Å².